The second-order valence-electron chi connectivity index (χ2n) is 10.7. The first kappa shape index (κ1) is 30.8. The van der Waals surface area contributed by atoms with Crippen molar-refractivity contribution in [3.63, 3.8) is 0 Å². The second-order valence-corrected chi connectivity index (χ2v) is 12.8. The van der Waals surface area contributed by atoms with Crippen LogP contribution in [0, 0.1) is 5.82 Å². The van der Waals surface area contributed by atoms with Crippen LogP contribution in [0.5, 0.6) is 0 Å². The van der Waals surface area contributed by atoms with E-state index in [1.54, 1.807) is 0 Å². The van der Waals surface area contributed by atoms with Crippen LogP contribution in [0.15, 0.2) is 84.9 Å². The van der Waals surface area contributed by atoms with Crippen molar-refractivity contribution in [1.82, 2.24) is 14.5 Å². The molecule has 0 radical (unpaired) electrons. The molecule has 0 aliphatic carbocycles. The maximum Gasteiger partial charge on any atom is 0.304 e. The van der Waals surface area contributed by atoms with Gasteiger partial charge in [-0.15, -0.1) is 0 Å². The molecule has 0 saturated carbocycles. The predicted octanol–water partition coefficient (Wildman–Crippen LogP) is 3.99. The van der Waals surface area contributed by atoms with E-state index in [1.165, 1.54) is 31.1 Å². The van der Waals surface area contributed by atoms with E-state index in [-0.39, 0.29) is 24.6 Å². The van der Waals surface area contributed by atoms with Crippen molar-refractivity contribution in [1.29, 1.82) is 0 Å². The van der Waals surface area contributed by atoms with Crippen LogP contribution in [0.25, 0.3) is 0 Å². The Kier molecular flexibility index (Phi) is 10.1. The molecule has 40 heavy (non-hydrogen) atoms. The lowest BCUT2D eigenvalue weighted by atomic mass is 10.0. The molecule has 3 rings (SSSR count). The Balaban J connectivity index is 2.08. The molecule has 0 fully saturated rings. The minimum Gasteiger partial charge on any atom is -0.350 e. The Morgan fingerprint density at radius 2 is 1.38 bits per heavy atom. The van der Waals surface area contributed by atoms with Gasteiger partial charge in [-0.05, 0) is 56.2 Å². The molecule has 0 aromatic heterocycles. The molecule has 0 spiro atoms. The average molecular weight is 569 g/mol. The molecular weight excluding hydrogens is 531 g/mol. The number of carbonyl (C=O) groups is 2. The van der Waals surface area contributed by atoms with E-state index < -0.39 is 40.1 Å². The third-order valence-corrected chi connectivity index (χ3v) is 7.92. The summed E-state index contributed by atoms with van der Waals surface area (Å²) in [5.74, 6) is -1.47. The highest BCUT2D eigenvalue weighted by Crippen LogP contribution is 2.22. The number of hydrogen-bond donors (Lipinski definition) is 1. The number of hydrogen-bond acceptors (Lipinski definition) is 4. The first-order valence-corrected chi connectivity index (χ1v) is 14.3. The van der Waals surface area contributed by atoms with Crippen LogP contribution < -0.4 is 9.62 Å². The molecule has 10 heteroatoms. The summed E-state index contributed by atoms with van der Waals surface area (Å²) in [7, 11) is -1.44. The van der Waals surface area contributed by atoms with Gasteiger partial charge in [0, 0.05) is 32.6 Å². The van der Waals surface area contributed by atoms with Gasteiger partial charge in [-0.3, -0.25) is 9.59 Å². The highest BCUT2D eigenvalue weighted by Gasteiger charge is 2.35. The molecule has 2 amide bonds. The Morgan fingerprint density at radius 3 is 1.88 bits per heavy atom. The topological polar surface area (TPSA) is 90.0 Å². The highest BCUT2D eigenvalue weighted by molar-refractivity contribution is 7.90. The van der Waals surface area contributed by atoms with Crippen molar-refractivity contribution in [3.8, 4) is 0 Å². The SMILES string of the molecule is CN(C)S(=O)(=O)N(CC(=O)N(Cc1ccccc1)C(Cc1ccccc1)C(=O)NC(C)(C)C)c1ccc(F)cc1. The number of nitrogens with one attached hydrogen (secondary N) is 1. The van der Waals surface area contributed by atoms with Crippen LogP contribution in [0.1, 0.15) is 31.9 Å². The molecule has 214 valence electrons. The summed E-state index contributed by atoms with van der Waals surface area (Å²) in [4.78, 5) is 29.2. The molecule has 0 saturated heterocycles. The summed E-state index contributed by atoms with van der Waals surface area (Å²) in [6.07, 6.45) is 0.221. The molecule has 0 aliphatic rings. The Hall–Kier alpha value is -3.76. The molecule has 8 nitrogen and oxygen atoms in total. The monoisotopic (exact) mass is 568 g/mol. The quantitative estimate of drug-likeness (QED) is 0.379. The van der Waals surface area contributed by atoms with E-state index >= 15 is 0 Å². The van der Waals surface area contributed by atoms with Gasteiger partial charge in [0.15, 0.2) is 0 Å². The normalized spacial score (nSPS) is 12.6. The number of benzene rings is 3. The fourth-order valence-electron chi connectivity index (χ4n) is 4.11. The third-order valence-electron chi connectivity index (χ3n) is 6.10. The van der Waals surface area contributed by atoms with Crippen molar-refractivity contribution in [2.75, 3.05) is 24.9 Å². The van der Waals surface area contributed by atoms with E-state index in [9.17, 15) is 22.4 Å². The maximum atomic E-state index is 14.1. The van der Waals surface area contributed by atoms with Crippen LogP contribution in [0.3, 0.4) is 0 Å². The summed E-state index contributed by atoms with van der Waals surface area (Å²) in [5.41, 5.74) is 1.18. The number of amides is 2. The number of rotatable bonds is 11. The second kappa shape index (κ2) is 13.1. The summed E-state index contributed by atoms with van der Waals surface area (Å²) < 4.78 is 42.2. The van der Waals surface area contributed by atoms with E-state index in [4.69, 9.17) is 0 Å². The van der Waals surface area contributed by atoms with Crippen molar-refractivity contribution < 1.29 is 22.4 Å². The molecule has 0 aliphatic heterocycles. The van der Waals surface area contributed by atoms with Crippen LogP contribution >= 0.6 is 0 Å². The number of carbonyl (C=O) groups excluding carboxylic acids is 2. The van der Waals surface area contributed by atoms with Gasteiger partial charge in [-0.1, -0.05) is 60.7 Å². The zero-order chi connectivity index (χ0) is 29.5. The van der Waals surface area contributed by atoms with Gasteiger partial charge < -0.3 is 10.2 Å². The lowest BCUT2D eigenvalue weighted by Gasteiger charge is -2.35. The minimum absolute atomic E-state index is 0.0774. The molecular formula is C30H37FN4O4S. The lowest BCUT2D eigenvalue weighted by Crippen LogP contribution is -2.56. The molecule has 3 aromatic carbocycles. The summed E-state index contributed by atoms with van der Waals surface area (Å²) >= 11 is 0. The van der Waals surface area contributed by atoms with Crippen molar-refractivity contribution in [2.24, 2.45) is 0 Å². The summed E-state index contributed by atoms with van der Waals surface area (Å²) in [6, 6.07) is 22.5. The Labute approximate surface area is 236 Å². The highest BCUT2D eigenvalue weighted by atomic mass is 32.2. The van der Waals surface area contributed by atoms with Gasteiger partial charge in [-0.2, -0.15) is 12.7 Å². The molecule has 1 N–H and O–H groups in total. The lowest BCUT2D eigenvalue weighted by molar-refractivity contribution is -0.140. The van der Waals surface area contributed by atoms with Gasteiger partial charge in [0.1, 0.15) is 18.4 Å². The predicted molar refractivity (Wildman–Crippen MR) is 155 cm³/mol. The van der Waals surface area contributed by atoms with Gasteiger partial charge in [0.2, 0.25) is 11.8 Å². The van der Waals surface area contributed by atoms with Crippen LogP contribution in [0.4, 0.5) is 10.1 Å². The minimum atomic E-state index is -4.14. The van der Waals surface area contributed by atoms with E-state index in [2.05, 4.69) is 5.32 Å². The number of anilines is 1. The summed E-state index contributed by atoms with van der Waals surface area (Å²) in [5, 5.41) is 2.99. The zero-order valence-corrected chi connectivity index (χ0v) is 24.4. The smallest absolute Gasteiger partial charge is 0.304 e. The van der Waals surface area contributed by atoms with E-state index in [0.717, 1.165) is 31.9 Å². The molecule has 0 bridgehead atoms. The molecule has 1 atom stereocenters. The van der Waals surface area contributed by atoms with E-state index in [1.807, 2.05) is 81.4 Å². The van der Waals surface area contributed by atoms with Crippen LogP contribution in [0.2, 0.25) is 0 Å². The number of halogens is 1. The Morgan fingerprint density at radius 1 is 0.850 bits per heavy atom. The third kappa shape index (κ3) is 8.37. The largest absolute Gasteiger partial charge is 0.350 e. The van der Waals surface area contributed by atoms with Crippen molar-refractivity contribution >= 4 is 27.7 Å². The van der Waals surface area contributed by atoms with Crippen LogP contribution in [-0.2, 0) is 32.8 Å². The first-order chi connectivity index (χ1) is 18.8. The van der Waals surface area contributed by atoms with Gasteiger partial charge >= 0.3 is 10.2 Å². The van der Waals surface area contributed by atoms with Crippen molar-refractivity contribution in [2.45, 2.75) is 45.3 Å². The first-order valence-electron chi connectivity index (χ1n) is 12.9. The van der Waals surface area contributed by atoms with Gasteiger partial charge in [0.05, 0.1) is 5.69 Å². The van der Waals surface area contributed by atoms with E-state index in [0.29, 0.717) is 0 Å². The molecule has 0 heterocycles. The maximum absolute atomic E-state index is 14.1. The zero-order valence-electron chi connectivity index (χ0n) is 23.5. The summed E-state index contributed by atoms with van der Waals surface area (Å²) in [6.45, 7) is 5.05. The standard InChI is InChI=1S/C30H37FN4O4S/c1-30(2,3)32-29(37)27(20-23-12-8-6-9-13-23)34(21-24-14-10-7-11-15-24)28(36)22-35(40(38,39)33(4)5)26-18-16-25(31)17-19-26/h6-19,27H,20-22H2,1-5H3,(H,32,37). The Bertz CT molecular complexity index is 1380. The average Bonchev–Trinajstić information content (AvgIpc) is 2.89. The van der Waals surface area contributed by atoms with Gasteiger partial charge in [0.25, 0.3) is 0 Å². The fourth-order valence-corrected chi connectivity index (χ4v) is 5.17. The molecule has 1 unspecified atom stereocenters. The number of nitrogens with zero attached hydrogens (tertiary/aromatic N) is 3. The van der Waals surface area contributed by atoms with Gasteiger partial charge in [-0.25, -0.2) is 8.70 Å². The van der Waals surface area contributed by atoms with Crippen LogP contribution in [-0.4, -0.2) is 61.7 Å². The van der Waals surface area contributed by atoms with Crippen molar-refractivity contribution in [3.05, 3.63) is 102 Å². The molecule has 3 aromatic rings. The fraction of sp³-hybridized carbons (Fsp3) is 0.333.